The predicted octanol–water partition coefficient (Wildman–Crippen LogP) is -1.71. The molecule has 3 rings (SSSR count). The first-order chi connectivity index (χ1) is 9.43. The molecule has 2 aliphatic rings. The normalized spacial score (nSPS) is 26.4. The number of nitrogens with zero attached hydrogens (tertiary/aromatic N) is 3. The lowest BCUT2D eigenvalue weighted by Gasteiger charge is -2.29. The molecular formula is C13H20N4O3. The number of hydrogen-bond donors (Lipinski definition) is 1. The molecule has 7 nitrogen and oxygen atoms in total. The minimum absolute atomic E-state index is 0.244. The second-order valence-electron chi connectivity index (χ2n) is 5.87. The highest BCUT2D eigenvalue weighted by Gasteiger charge is 2.44. The van der Waals surface area contributed by atoms with E-state index in [9.17, 15) is 9.59 Å². The average molecular weight is 280 g/mol. The molecule has 0 bridgehead atoms. The molecule has 0 radical (unpaired) electrons. The number of ether oxygens (including phenoxy) is 1. The highest BCUT2D eigenvalue weighted by Crippen LogP contribution is 2.32. The molecule has 1 aromatic heterocycles. The van der Waals surface area contributed by atoms with Gasteiger partial charge in [-0.05, 0) is 7.05 Å². The number of aromatic nitrogens is 2. The molecule has 1 atom stereocenters. The van der Waals surface area contributed by atoms with Crippen molar-refractivity contribution in [1.29, 1.82) is 0 Å². The molecule has 1 fully saturated rings. The third-order valence-electron chi connectivity index (χ3n) is 4.19. The fourth-order valence-corrected chi connectivity index (χ4v) is 3.14. The quantitative estimate of drug-likeness (QED) is 0.613. The number of fused-ring (bicyclic) bond motifs is 1. The van der Waals surface area contributed by atoms with Gasteiger partial charge in [0.25, 0.3) is 5.56 Å². The minimum atomic E-state index is -0.453. The van der Waals surface area contributed by atoms with Gasteiger partial charge in [-0.2, -0.15) is 0 Å². The van der Waals surface area contributed by atoms with Gasteiger partial charge in [0, 0.05) is 46.7 Å². The van der Waals surface area contributed by atoms with Crippen LogP contribution in [0.4, 0.5) is 0 Å². The SMILES string of the molecule is CN1CCNCC2(Cc3c(n(C)c(=O)n(C)c3=O)O2)C1. The third-order valence-corrected chi connectivity index (χ3v) is 4.19. The van der Waals surface area contributed by atoms with E-state index in [0.29, 0.717) is 24.4 Å². The summed E-state index contributed by atoms with van der Waals surface area (Å²) in [6.07, 6.45) is 0.542. The van der Waals surface area contributed by atoms with Crippen molar-refractivity contribution in [3.05, 3.63) is 26.4 Å². The summed E-state index contributed by atoms with van der Waals surface area (Å²) in [7, 11) is 5.19. The second kappa shape index (κ2) is 4.46. The van der Waals surface area contributed by atoms with Crippen LogP contribution in [0.25, 0.3) is 0 Å². The highest BCUT2D eigenvalue weighted by atomic mass is 16.5. The van der Waals surface area contributed by atoms with E-state index in [1.807, 2.05) is 7.05 Å². The Morgan fingerprint density at radius 3 is 2.70 bits per heavy atom. The summed E-state index contributed by atoms with van der Waals surface area (Å²) in [6.45, 7) is 3.27. The molecule has 0 saturated carbocycles. The summed E-state index contributed by atoms with van der Waals surface area (Å²) in [5, 5.41) is 3.35. The summed E-state index contributed by atoms with van der Waals surface area (Å²) in [6, 6.07) is 0. The van der Waals surface area contributed by atoms with Crippen molar-refractivity contribution < 1.29 is 4.74 Å². The van der Waals surface area contributed by atoms with E-state index >= 15 is 0 Å². The van der Waals surface area contributed by atoms with Gasteiger partial charge in [-0.3, -0.25) is 13.9 Å². The van der Waals surface area contributed by atoms with Crippen LogP contribution in [-0.2, 0) is 20.5 Å². The Kier molecular flexibility index (Phi) is 2.98. The Balaban J connectivity index is 2.08. The van der Waals surface area contributed by atoms with Gasteiger partial charge < -0.3 is 15.0 Å². The first-order valence-corrected chi connectivity index (χ1v) is 6.81. The maximum atomic E-state index is 12.3. The zero-order chi connectivity index (χ0) is 14.5. The topological polar surface area (TPSA) is 68.5 Å². The van der Waals surface area contributed by atoms with Crippen molar-refractivity contribution in [3.8, 4) is 5.88 Å². The first kappa shape index (κ1) is 13.4. The summed E-state index contributed by atoms with van der Waals surface area (Å²) in [4.78, 5) is 26.4. The number of nitrogens with one attached hydrogen (secondary N) is 1. The lowest BCUT2D eigenvalue weighted by Crippen LogP contribution is -2.49. The molecule has 1 unspecified atom stereocenters. The zero-order valence-corrected chi connectivity index (χ0v) is 12.1. The molecule has 20 heavy (non-hydrogen) atoms. The van der Waals surface area contributed by atoms with Crippen LogP contribution < -0.4 is 21.3 Å². The lowest BCUT2D eigenvalue weighted by atomic mass is 9.97. The van der Waals surface area contributed by atoms with Crippen LogP contribution >= 0.6 is 0 Å². The molecule has 110 valence electrons. The van der Waals surface area contributed by atoms with Gasteiger partial charge in [0.2, 0.25) is 5.88 Å². The predicted molar refractivity (Wildman–Crippen MR) is 74.4 cm³/mol. The van der Waals surface area contributed by atoms with Gasteiger partial charge in [-0.1, -0.05) is 0 Å². The molecule has 2 aliphatic heterocycles. The Morgan fingerprint density at radius 2 is 1.95 bits per heavy atom. The van der Waals surface area contributed by atoms with Gasteiger partial charge in [-0.15, -0.1) is 0 Å². The van der Waals surface area contributed by atoms with Crippen LogP contribution in [0.5, 0.6) is 5.88 Å². The Labute approximate surface area is 116 Å². The second-order valence-corrected chi connectivity index (χ2v) is 5.87. The zero-order valence-electron chi connectivity index (χ0n) is 12.1. The standard InChI is InChI=1S/C13H20N4O3/c1-15-5-4-14-7-13(8-15)6-9-10(18)16(2)12(19)17(3)11(9)20-13/h14H,4-8H2,1-3H3. The van der Waals surface area contributed by atoms with Crippen LogP contribution in [-0.4, -0.2) is 52.9 Å². The minimum Gasteiger partial charge on any atom is -0.469 e. The van der Waals surface area contributed by atoms with Crippen LogP contribution in [0.1, 0.15) is 5.56 Å². The maximum absolute atomic E-state index is 12.3. The van der Waals surface area contributed by atoms with Crippen molar-refractivity contribution in [2.24, 2.45) is 14.1 Å². The van der Waals surface area contributed by atoms with E-state index < -0.39 is 5.60 Å². The van der Waals surface area contributed by atoms with Gasteiger partial charge in [-0.25, -0.2) is 4.79 Å². The van der Waals surface area contributed by atoms with Crippen molar-refractivity contribution in [2.45, 2.75) is 12.0 Å². The Bertz CT molecular complexity index is 663. The van der Waals surface area contributed by atoms with E-state index in [0.717, 1.165) is 24.2 Å². The molecule has 3 heterocycles. The molecule has 1 aromatic rings. The average Bonchev–Trinajstić information content (AvgIpc) is 2.68. The van der Waals surface area contributed by atoms with E-state index in [1.165, 1.54) is 11.6 Å². The fourth-order valence-electron chi connectivity index (χ4n) is 3.14. The summed E-state index contributed by atoms with van der Waals surface area (Å²) >= 11 is 0. The van der Waals surface area contributed by atoms with Gasteiger partial charge in [0.05, 0.1) is 5.56 Å². The molecular weight excluding hydrogens is 260 g/mol. The molecule has 7 heteroatoms. The van der Waals surface area contributed by atoms with E-state index in [2.05, 4.69) is 10.2 Å². The number of likely N-dealkylation sites (N-methyl/N-ethyl adjacent to an activating group) is 1. The smallest absolute Gasteiger partial charge is 0.333 e. The van der Waals surface area contributed by atoms with Gasteiger partial charge in [0.15, 0.2) is 0 Å². The van der Waals surface area contributed by atoms with Crippen LogP contribution in [0, 0.1) is 0 Å². The van der Waals surface area contributed by atoms with Crippen molar-refractivity contribution in [2.75, 3.05) is 33.2 Å². The summed E-state index contributed by atoms with van der Waals surface area (Å²) < 4.78 is 8.65. The first-order valence-electron chi connectivity index (χ1n) is 6.81. The maximum Gasteiger partial charge on any atom is 0.333 e. The van der Waals surface area contributed by atoms with E-state index in [4.69, 9.17) is 4.74 Å². The lowest BCUT2D eigenvalue weighted by molar-refractivity contribution is 0.0636. The Hall–Kier alpha value is -1.60. The van der Waals surface area contributed by atoms with Crippen molar-refractivity contribution in [3.63, 3.8) is 0 Å². The Morgan fingerprint density at radius 1 is 1.20 bits per heavy atom. The summed E-state index contributed by atoms with van der Waals surface area (Å²) in [5.74, 6) is 0.426. The number of rotatable bonds is 0. The fraction of sp³-hybridized carbons (Fsp3) is 0.692. The van der Waals surface area contributed by atoms with E-state index in [1.54, 1.807) is 7.05 Å². The van der Waals surface area contributed by atoms with Crippen LogP contribution in [0.2, 0.25) is 0 Å². The third kappa shape index (κ3) is 1.89. The molecule has 0 aromatic carbocycles. The van der Waals surface area contributed by atoms with Crippen molar-refractivity contribution in [1.82, 2.24) is 19.4 Å². The molecule has 0 amide bonds. The van der Waals surface area contributed by atoms with Crippen molar-refractivity contribution >= 4 is 0 Å². The largest absolute Gasteiger partial charge is 0.469 e. The monoisotopic (exact) mass is 280 g/mol. The molecule has 1 N–H and O–H groups in total. The van der Waals surface area contributed by atoms with Gasteiger partial charge >= 0.3 is 5.69 Å². The van der Waals surface area contributed by atoms with Crippen LogP contribution in [0.3, 0.4) is 0 Å². The highest BCUT2D eigenvalue weighted by molar-refractivity contribution is 5.33. The van der Waals surface area contributed by atoms with Gasteiger partial charge in [0.1, 0.15) is 5.60 Å². The molecule has 1 spiro atoms. The summed E-state index contributed by atoms with van der Waals surface area (Å²) in [5.41, 5.74) is -0.440. The van der Waals surface area contributed by atoms with E-state index in [-0.39, 0.29) is 11.2 Å². The van der Waals surface area contributed by atoms with Crippen LogP contribution in [0.15, 0.2) is 9.59 Å². The number of hydrogen-bond acceptors (Lipinski definition) is 5. The molecule has 0 aliphatic carbocycles. The molecule has 1 saturated heterocycles.